The Morgan fingerprint density at radius 1 is 1.65 bits per heavy atom. The third-order valence-corrected chi connectivity index (χ3v) is 3.32. The Hall–Kier alpha value is -1.67. The van der Waals surface area contributed by atoms with Crippen LogP contribution in [0.2, 0.25) is 4.47 Å². The van der Waals surface area contributed by atoms with E-state index in [1.165, 1.54) is 17.7 Å². The number of rotatable bonds is 7. The molecular weight excluding hydrogens is 302 g/mol. The van der Waals surface area contributed by atoms with Crippen LogP contribution >= 0.6 is 22.9 Å². The van der Waals surface area contributed by atoms with Gasteiger partial charge in [-0.25, -0.2) is 9.98 Å². The number of thiazole rings is 1. The summed E-state index contributed by atoms with van der Waals surface area (Å²) < 4.78 is 0.452. The van der Waals surface area contributed by atoms with Crippen molar-refractivity contribution in [2.75, 3.05) is 20.6 Å². The van der Waals surface area contributed by atoms with Crippen LogP contribution in [0.5, 0.6) is 0 Å². The molecule has 0 fully saturated rings. The lowest BCUT2D eigenvalue weighted by molar-refractivity contribution is -0.404. The van der Waals surface area contributed by atoms with E-state index in [4.69, 9.17) is 11.6 Å². The molecule has 1 heterocycles. The van der Waals surface area contributed by atoms with E-state index in [1.807, 2.05) is 6.92 Å². The van der Waals surface area contributed by atoms with Crippen LogP contribution in [0.25, 0.3) is 0 Å². The molecule has 0 radical (unpaired) electrons. The van der Waals surface area contributed by atoms with Crippen molar-refractivity contribution in [1.29, 1.82) is 0 Å². The Labute approximate surface area is 126 Å². The highest BCUT2D eigenvalue weighted by atomic mass is 35.5. The van der Waals surface area contributed by atoms with Gasteiger partial charge in [0.1, 0.15) is 0 Å². The highest BCUT2D eigenvalue weighted by Gasteiger charge is 2.13. The van der Waals surface area contributed by atoms with Crippen molar-refractivity contribution in [3.63, 3.8) is 0 Å². The maximum atomic E-state index is 10.7. The van der Waals surface area contributed by atoms with E-state index < -0.39 is 4.92 Å². The minimum Gasteiger partial charge on any atom is -0.369 e. The van der Waals surface area contributed by atoms with E-state index in [9.17, 15) is 10.1 Å². The average Bonchev–Trinajstić information content (AvgIpc) is 2.76. The van der Waals surface area contributed by atoms with Crippen LogP contribution in [0.1, 0.15) is 11.8 Å². The Kier molecular flexibility index (Phi) is 6.40. The summed E-state index contributed by atoms with van der Waals surface area (Å²) in [4.78, 5) is 22.7. The molecule has 1 aromatic rings. The second-order valence-electron chi connectivity index (χ2n) is 4.07. The molecule has 0 saturated carbocycles. The number of nitrogens with zero attached hydrogens (tertiary/aromatic N) is 5. The van der Waals surface area contributed by atoms with Crippen molar-refractivity contribution in [2.45, 2.75) is 13.5 Å². The van der Waals surface area contributed by atoms with Crippen molar-refractivity contribution in [3.05, 3.63) is 37.7 Å². The van der Waals surface area contributed by atoms with E-state index in [2.05, 4.69) is 9.98 Å². The number of halogens is 1. The quantitative estimate of drug-likeness (QED) is 0.334. The lowest BCUT2D eigenvalue weighted by atomic mass is 10.4. The summed E-state index contributed by atoms with van der Waals surface area (Å²) in [5.41, 5.74) is 0. The number of hydrogen-bond donors (Lipinski definition) is 0. The van der Waals surface area contributed by atoms with Gasteiger partial charge >= 0.3 is 0 Å². The first kappa shape index (κ1) is 16.4. The van der Waals surface area contributed by atoms with Gasteiger partial charge in [-0.1, -0.05) is 11.6 Å². The molecule has 0 saturated heterocycles. The maximum absolute atomic E-state index is 10.7. The third kappa shape index (κ3) is 5.54. The van der Waals surface area contributed by atoms with Crippen LogP contribution < -0.4 is 0 Å². The fraction of sp³-hybridized carbons (Fsp3) is 0.455. The Balaban J connectivity index is 2.93. The molecule has 1 rings (SSSR count). The van der Waals surface area contributed by atoms with Crippen molar-refractivity contribution in [1.82, 2.24) is 14.8 Å². The van der Waals surface area contributed by atoms with Gasteiger partial charge in [-0.3, -0.25) is 10.1 Å². The Morgan fingerprint density at radius 2 is 2.35 bits per heavy atom. The summed E-state index contributed by atoms with van der Waals surface area (Å²) in [7, 11) is 3.60. The van der Waals surface area contributed by atoms with Crippen molar-refractivity contribution in [2.24, 2.45) is 4.99 Å². The summed E-state index contributed by atoms with van der Waals surface area (Å²) in [6.45, 7) is 2.97. The van der Waals surface area contributed by atoms with Gasteiger partial charge in [0.2, 0.25) is 5.82 Å². The summed E-state index contributed by atoms with van der Waals surface area (Å²) in [6, 6.07) is 0. The van der Waals surface area contributed by atoms with Gasteiger partial charge in [0.15, 0.2) is 4.47 Å². The highest BCUT2D eigenvalue weighted by Crippen LogP contribution is 2.21. The predicted octanol–water partition coefficient (Wildman–Crippen LogP) is 2.28. The molecule has 0 bridgehead atoms. The fourth-order valence-corrected chi connectivity index (χ4v) is 2.36. The smallest absolute Gasteiger partial charge is 0.276 e. The van der Waals surface area contributed by atoms with Gasteiger partial charge in [0, 0.05) is 31.7 Å². The van der Waals surface area contributed by atoms with Crippen molar-refractivity contribution >= 4 is 29.3 Å². The molecule has 0 aliphatic carbocycles. The van der Waals surface area contributed by atoms with Gasteiger partial charge < -0.3 is 9.80 Å². The molecule has 110 valence electrons. The summed E-state index contributed by atoms with van der Waals surface area (Å²) in [6.07, 6.45) is 4.08. The molecular formula is C11H16ClN5O2S. The van der Waals surface area contributed by atoms with Crippen molar-refractivity contribution < 1.29 is 4.92 Å². The minimum atomic E-state index is -0.509. The normalized spacial score (nSPS) is 11.9. The monoisotopic (exact) mass is 317 g/mol. The average molecular weight is 318 g/mol. The predicted molar refractivity (Wildman–Crippen MR) is 80.5 cm³/mol. The SMILES string of the molecule is CCN(Cc1cnc(Cl)s1)C(=C/[N+](=O)[O-])/N=C/N(C)C. The number of aliphatic imine (C=N–C) groups is 1. The van der Waals surface area contributed by atoms with Crippen LogP contribution in [0.15, 0.2) is 23.2 Å². The number of nitro groups is 1. The Bertz CT molecular complexity index is 515. The van der Waals surface area contributed by atoms with Crippen LogP contribution in [0.4, 0.5) is 0 Å². The first-order valence-corrected chi connectivity index (χ1v) is 7.03. The van der Waals surface area contributed by atoms with Gasteiger partial charge in [0.25, 0.3) is 6.20 Å². The van der Waals surface area contributed by atoms with Gasteiger partial charge in [-0.05, 0) is 6.92 Å². The van der Waals surface area contributed by atoms with Crippen LogP contribution in [0.3, 0.4) is 0 Å². The fourth-order valence-electron chi connectivity index (χ4n) is 1.37. The van der Waals surface area contributed by atoms with E-state index in [1.54, 1.807) is 30.1 Å². The molecule has 7 nitrogen and oxygen atoms in total. The standard InChI is InChI=1S/C11H16ClN5O2S/c1-4-16(6-9-5-13-11(12)20-9)10(7-17(18)19)14-8-15(2)3/h5,7-8H,4,6H2,1-3H3/b10-7+,14-8+. The highest BCUT2D eigenvalue weighted by molar-refractivity contribution is 7.15. The number of aromatic nitrogens is 1. The molecule has 0 aliphatic heterocycles. The second kappa shape index (κ2) is 7.81. The Morgan fingerprint density at radius 3 is 2.80 bits per heavy atom. The lowest BCUT2D eigenvalue weighted by Gasteiger charge is -2.20. The largest absolute Gasteiger partial charge is 0.369 e. The minimum absolute atomic E-state index is 0.288. The molecule has 0 atom stereocenters. The first-order valence-electron chi connectivity index (χ1n) is 5.83. The topological polar surface area (TPSA) is 74.9 Å². The second-order valence-corrected chi connectivity index (χ2v) is 5.77. The van der Waals surface area contributed by atoms with E-state index in [0.29, 0.717) is 17.6 Å². The molecule has 0 amide bonds. The zero-order valence-corrected chi connectivity index (χ0v) is 13.1. The van der Waals surface area contributed by atoms with E-state index in [-0.39, 0.29) is 5.82 Å². The van der Waals surface area contributed by atoms with E-state index in [0.717, 1.165) is 11.1 Å². The summed E-state index contributed by atoms with van der Waals surface area (Å²) in [5, 5.41) is 10.7. The molecule has 9 heteroatoms. The van der Waals surface area contributed by atoms with Crippen LogP contribution in [-0.4, -0.2) is 46.7 Å². The number of hydrogen-bond acceptors (Lipinski definition) is 6. The summed E-state index contributed by atoms with van der Waals surface area (Å²) >= 11 is 7.13. The van der Waals surface area contributed by atoms with Crippen LogP contribution in [-0.2, 0) is 6.54 Å². The molecule has 0 aromatic carbocycles. The first-order chi connectivity index (χ1) is 9.42. The summed E-state index contributed by atoms with van der Waals surface area (Å²) in [5.74, 6) is 0.288. The molecule has 0 spiro atoms. The molecule has 20 heavy (non-hydrogen) atoms. The van der Waals surface area contributed by atoms with Crippen LogP contribution in [0, 0.1) is 10.1 Å². The molecule has 0 N–H and O–H groups in total. The third-order valence-electron chi connectivity index (χ3n) is 2.22. The zero-order chi connectivity index (χ0) is 15.1. The molecule has 1 aromatic heterocycles. The zero-order valence-electron chi connectivity index (χ0n) is 11.5. The molecule has 0 aliphatic rings. The molecule has 0 unspecified atom stereocenters. The van der Waals surface area contributed by atoms with E-state index >= 15 is 0 Å². The van der Waals surface area contributed by atoms with Gasteiger partial charge in [-0.2, -0.15) is 0 Å². The maximum Gasteiger partial charge on any atom is 0.276 e. The van der Waals surface area contributed by atoms with Gasteiger partial charge in [0.05, 0.1) is 17.8 Å². The lowest BCUT2D eigenvalue weighted by Crippen LogP contribution is -2.22. The van der Waals surface area contributed by atoms with Crippen molar-refractivity contribution in [3.8, 4) is 0 Å². The van der Waals surface area contributed by atoms with Gasteiger partial charge in [-0.15, -0.1) is 11.3 Å².